The molecule has 2 N–H and O–H groups in total. The van der Waals surface area contributed by atoms with Crippen LogP contribution in [0.25, 0.3) is 0 Å². The summed E-state index contributed by atoms with van der Waals surface area (Å²) in [6.45, 7) is 1.77. The van der Waals surface area contributed by atoms with Crippen molar-refractivity contribution < 1.29 is 19.4 Å². The Labute approximate surface area is 152 Å². The topological polar surface area (TPSA) is 75.6 Å². The molecule has 0 saturated carbocycles. The van der Waals surface area contributed by atoms with E-state index >= 15 is 0 Å². The van der Waals surface area contributed by atoms with Crippen molar-refractivity contribution >= 4 is 45.3 Å². The molecule has 0 fully saturated rings. The van der Waals surface area contributed by atoms with Gasteiger partial charge in [0.15, 0.2) is 5.75 Å². The number of esters is 1. The zero-order valence-corrected chi connectivity index (χ0v) is 15.5. The number of phenolic OH excluding ortho intramolecular Hbond substituents is 1. The number of carbonyl (C=O) groups is 2. The highest BCUT2D eigenvalue weighted by Gasteiger charge is 2.19. The number of para-hydroxylation sites is 1. The predicted molar refractivity (Wildman–Crippen MR) is 97.5 cm³/mol. The highest BCUT2D eigenvalue weighted by atomic mass is 79.9. The molecule has 1 atom stereocenters. The lowest BCUT2D eigenvalue weighted by Gasteiger charge is -2.14. The molecule has 0 heterocycles. The van der Waals surface area contributed by atoms with E-state index in [9.17, 15) is 14.7 Å². The van der Waals surface area contributed by atoms with Gasteiger partial charge < -0.3 is 15.2 Å². The van der Waals surface area contributed by atoms with Crippen LogP contribution in [0.4, 0.5) is 5.69 Å². The van der Waals surface area contributed by atoms with E-state index in [1.807, 2.05) is 24.3 Å². The lowest BCUT2D eigenvalue weighted by molar-refractivity contribution is -0.115. The van der Waals surface area contributed by atoms with Crippen LogP contribution >= 0.6 is 27.7 Å². The molecule has 24 heavy (non-hydrogen) atoms. The highest BCUT2D eigenvalue weighted by molar-refractivity contribution is 9.10. The van der Waals surface area contributed by atoms with E-state index in [1.165, 1.54) is 31.0 Å². The molecule has 0 aliphatic rings. The number of anilines is 1. The van der Waals surface area contributed by atoms with Crippen molar-refractivity contribution in [3.8, 4) is 5.75 Å². The maximum absolute atomic E-state index is 12.3. The number of thioether (sulfide) groups is 1. The lowest BCUT2D eigenvalue weighted by Crippen LogP contribution is -2.22. The molecular formula is C17H16BrNO4S. The number of benzene rings is 2. The number of methoxy groups -OCH3 is 1. The van der Waals surface area contributed by atoms with Gasteiger partial charge in [0.25, 0.3) is 0 Å². The molecule has 126 valence electrons. The van der Waals surface area contributed by atoms with Crippen LogP contribution in [0.2, 0.25) is 0 Å². The molecule has 7 heteroatoms. The largest absolute Gasteiger partial charge is 0.505 e. The smallest absolute Gasteiger partial charge is 0.341 e. The molecule has 0 saturated heterocycles. The van der Waals surface area contributed by atoms with Crippen molar-refractivity contribution in [1.82, 2.24) is 0 Å². The van der Waals surface area contributed by atoms with Crippen LogP contribution in [0.3, 0.4) is 0 Å². The number of hydrogen-bond donors (Lipinski definition) is 2. The van der Waals surface area contributed by atoms with Crippen molar-refractivity contribution in [1.29, 1.82) is 0 Å². The van der Waals surface area contributed by atoms with Gasteiger partial charge in [-0.3, -0.25) is 4.79 Å². The van der Waals surface area contributed by atoms with Gasteiger partial charge in [-0.2, -0.15) is 0 Å². The Kier molecular flexibility index (Phi) is 6.28. The minimum absolute atomic E-state index is 0.00326. The third kappa shape index (κ3) is 4.52. The summed E-state index contributed by atoms with van der Waals surface area (Å²) in [5.41, 5.74) is 0.176. The van der Waals surface area contributed by atoms with Crippen molar-refractivity contribution in [2.75, 3.05) is 12.4 Å². The number of halogens is 1. The first-order chi connectivity index (χ1) is 11.4. The van der Waals surface area contributed by atoms with E-state index in [1.54, 1.807) is 13.0 Å². The molecule has 0 aliphatic carbocycles. The third-order valence-corrected chi connectivity index (χ3v) is 4.84. The lowest BCUT2D eigenvalue weighted by atomic mass is 10.1. The fraction of sp³-hybridized carbons (Fsp3) is 0.176. The van der Waals surface area contributed by atoms with Gasteiger partial charge in [-0.15, -0.1) is 11.8 Å². The van der Waals surface area contributed by atoms with Gasteiger partial charge >= 0.3 is 5.97 Å². The molecule has 1 unspecified atom stereocenters. The Hall–Kier alpha value is -1.99. The molecule has 1 amide bonds. The predicted octanol–water partition coefficient (Wildman–Crippen LogP) is 4.06. The molecule has 2 rings (SSSR count). The van der Waals surface area contributed by atoms with Crippen LogP contribution in [0.1, 0.15) is 17.3 Å². The average molecular weight is 410 g/mol. The number of phenols is 1. The number of rotatable bonds is 5. The Morgan fingerprint density at radius 1 is 1.21 bits per heavy atom. The first-order valence-electron chi connectivity index (χ1n) is 7.05. The molecule has 0 bridgehead atoms. The molecule has 2 aromatic carbocycles. The second-order valence-corrected chi connectivity index (χ2v) is 7.23. The minimum atomic E-state index is -0.666. The normalized spacial score (nSPS) is 11.6. The van der Waals surface area contributed by atoms with Gasteiger partial charge in [0.1, 0.15) is 5.56 Å². The Morgan fingerprint density at radius 3 is 2.50 bits per heavy atom. The second-order valence-electron chi connectivity index (χ2n) is 4.90. The summed E-state index contributed by atoms with van der Waals surface area (Å²) in [6, 6.07) is 12.1. The Morgan fingerprint density at radius 2 is 1.88 bits per heavy atom. The van der Waals surface area contributed by atoms with Crippen molar-refractivity contribution in [3.05, 3.63) is 52.5 Å². The number of hydrogen-bond acceptors (Lipinski definition) is 5. The first kappa shape index (κ1) is 18.4. The fourth-order valence-corrected chi connectivity index (χ4v) is 3.06. The maximum Gasteiger partial charge on any atom is 0.341 e. The summed E-state index contributed by atoms with van der Waals surface area (Å²) < 4.78 is 5.56. The highest BCUT2D eigenvalue weighted by Crippen LogP contribution is 2.30. The maximum atomic E-state index is 12.3. The van der Waals surface area contributed by atoms with Crippen molar-refractivity contribution in [2.24, 2.45) is 0 Å². The number of ether oxygens (including phenoxy) is 1. The van der Waals surface area contributed by atoms with Gasteiger partial charge in [-0.1, -0.05) is 22.0 Å². The standard InChI is InChI=1S/C17H16BrNO4S/c1-10(24-12-8-6-11(18)7-9-12)16(21)19-14-5-3-4-13(15(14)20)17(22)23-2/h3-10,20H,1-2H3,(H,19,21). The molecule has 2 aromatic rings. The molecular weight excluding hydrogens is 394 g/mol. The van der Waals surface area contributed by atoms with E-state index in [4.69, 9.17) is 0 Å². The number of amides is 1. The van der Waals surface area contributed by atoms with E-state index in [0.29, 0.717) is 0 Å². The summed E-state index contributed by atoms with van der Waals surface area (Å²) >= 11 is 4.76. The summed E-state index contributed by atoms with van der Waals surface area (Å²) in [7, 11) is 1.23. The number of carbonyl (C=O) groups excluding carboxylic acids is 2. The summed E-state index contributed by atoms with van der Waals surface area (Å²) in [4.78, 5) is 24.8. The average Bonchev–Trinajstić information content (AvgIpc) is 2.58. The first-order valence-corrected chi connectivity index (χ1v) is 8.73. The summed E-state index contributed by atoms with van der Waals surface area (Å²) in [5, 5.41) is 12.4. The van der Waals surface area contributed by atoms with Crippen LogP contribution in [0.15, 0.2) is 51.8 Å². The van der Waals surface area contributed by atoms with Gasteiger partial charge in [0, 0.05) is 9.37 Å². The van der Waals surface area contributed by atoms with Gasteiger partial charge in [0.2, 0.25) is 5.91 Å². The molecule has 0 aromatic heterocycles. The molecule has 0 spiro atoms. The fourth-order valence-electron chi connectivity index (χ4n) is 1.92. The van der Waals surface area contributed by atoms with E-state index < -0.39 is 5.97 Å². The zero-order chi connectivity index (χ0) is 17.7. The van der Waals surface area contributed by atoms with Gasteiger partial charge in [-0.05, 0) is 43.3 Å². The van der Waals surface area contributed by atoms with Crippen LogP contribution in [0.5, 0.6) is 5.75 Å². The summed E-state index contributed by atoms with van der Waals surface area (Å²) in [6.07, 6.45) is 0. The van der Waals surface area contributed by atoms with Crippen molar-refractivity contribution in [3.63, 3.8) is 0 Å². The van der Waals surface area contributed by atoms with Crippen LogP contribution in [-0.2, 0) is 9.53 Å². The third-order valence-electron chi connectivity index (χ3n) is 3.19. The molecule has 0 radical (unpaired) electrons. The Balaban J connectivity index is 2.08. The Bertz CT molecular complexity index is 749. The van der Waals surface area contributed by atoms with E-state index in [0.717, 1.165) is 9.37 Å². The van der Waals surface area contributed by atoms with Gasteiger partial charge in [-0.25, -0.2) is 4.79 Å². The van der Waals surface area contributed by atoms with Crippen molar-refractivity contribution in [2.45, 2.75) is 17.1 Å². The number of aromatic hydroxyl groups is 1. The number of nitrogens with one attached hydrogen (secondary N) is 1. The van der Waals surface area contributed by atoms with E-state index in [2.05, 4.69) is 26.0 Å². The summed E-state index contributed by atoms with van der Waals surface area (Å²) in [5.74, 6) is -1.25. The van der Waals surface area contributed by atoms with Crippen LogP contribution < -0.4 is 5.32 Å². The SMILES string of the molecule is COC(=O)c1cccc(NC(=O)C(C)Sc2ccc(Br)cc2)c1O. The second kappa shape index (κ2) is 8.21. The quantitative estimate of drug-likeness (QED) is 0.442. The van der Waals surface area contributed by atoms with Gasteiger partial charge in [0.05, 0.1) is 18.0 Å². The monoisotopic (exact) mass is 409 g/mol. The molecule has 5 nitrogen and oxygen atoms in total. The molecule has 0 aliphatic heterocycles. The minimum Gasteiger partial charge on any atom is -0.505 e. The van der Waals surface area contributed by atoms with Crippen LogP contribution in [0, 0.1) is 0 Å². The zero-order valence-electron chi connectivity index (χ0n) is 13.1. The van der Waals surface area contributed by atoms with Crippen LogP contribution in [-0.4, -0.2) is 29.3 Å². The van der Waals surface area contributed by atoms with E-state index in [-0.39, 0.29) is 28.2 Å².